The molecule has 0 spiro atoms. The van der Waals surface area contributed by atoms with E-state index in [4.69, 9.17) is 9.15 Å². The van der Waals surface area contributed by atoms with Crippen molar-refractivity contribution in [2.24, 2.45) is 0 Å². The lowest BCUT2D eigenvalue weighted by molar-refractivity contribution is 0.122. The van der Waals surface area contributed by atoms with Gasteiger partial charge in [-0.3, -0.25) is 9.71 Å². The van der Waals surface area contributed by atoms with Crippen LogP contribution in [0, 0.1) is 32.6 Å². The minimum atomic E-state index is -3.81. The molecule has 4 heterocycles. The van der Waals surface area contributed by atoms with Crippen molar-refractivity contribution in [1.29, 1.82) is 0 Å². The number of furan rings is 1. The Bertz CT molecular complexity index is 1300. The minimum Gasteiger partial charge on any atom is -0.468 e. The normalized spacial score (nSPS) is 14.0. The fraction of sp³-hybridized carbons (Fsp3) is 0.318. The maximum absolute atomic E-state index is 12.7. The average molecular weight is 454 g/mol. The molecule has 0 aliphatic carbocycles. The Morgan fingerprint density at radius 2 is 1.84 bits per heavy atom. The molecule has 166 valence electrons. The number of hydrogen-bond acceptors (Lipinski definition) is 8. The lowest BCUT2D eigenvalue weighted by Gasteiger charge is -2.28. The first-order valence-corrected chi connectivity index (χ1v) is 11.5. The average Bonchev–Trinajstić information content (AvgIpc) is 3.22. The zero-order valence-electron chi connectivity index (χ0n) is 18.0. The second-order valence-corrected chi connectivity index (χ2v) is 8.96. The molecule has 3 aromatic rings. The van der Waals surface area contributed by atoms with Crippen LogP contribution in [0.3, 0.4) is 0 Å². The van der Waals surface area contributed by atoms with Gasteiger partial charge < -0.3 is 14.1 Å². The van der Waals surface area contributed by atoms with Gasteiger partial charge in [0.15, 0.2) is 0 Å². The number of hydrogen-bond donors (Lipinski definition) is 1. The first kappa shape index (κ1) is 21.8. The van der Waals surface area contributed by atoms with Crippen LogP contribution in [0.4, 0.5) is 11.5 Å². The number of nitrogens with one attached hydrogen (secondary N) is 1. The molecule has 32 heavy (non-hydrogen) atoms. The van der Waals surface area contributed by atoms with Crippen LogP contribution in [0.5, 0.6) is 0 Å². The molecule has 4 rings (SSSR count). The quantitative estimate of drug-likeness (QED) is 0.600. The molecule has 1 fully saturated rings. The standard InChI is InChI=1S/C22H23N5O4S/c1-15-19(22(25-14-24-15)27-7-10-30-11-8-27)5-4-18-12-20(16(2)23-13-18)26-32(28,29)21-6-9-31-17(21)3/h6,9,12-14,26H,7-8,10-11H2,1-3H3. The van der Waals surface area contributed by atoms with Crippen LogP contribution in [-0.2, 0) is 14.8 Å². The molecule has 0 radical (unpaired) electrons. The molecule has 1 aliphatic rings. The van der Waals surface area contributed by atoms with Crippen molar-refractivity contribution in [3.63, 3.8) is 0 Å². The van der Waals surface area contributed by atoms with Crippen molar-refractivity contribution in [2.45, 2.75) is 25.7 Å². The van der Waals surface area contributed by atoms with Gasteiger partial charge in [-0.1, -0.05) is 11.8 Å². The third-order valence-electron chi connectivity index (χ3n) is 5.09. The molecule has 1 aliphatic heterocycles. The van der Waals surface area contributed by atoms with Gasteiger partial charge in [0.1, 0.15) is 22.8 Å². The molecule has 1 saturated heterocycles. The van der Waals surface area contributed by atoms with Gasteiger partial charge in [-0.2, -0.15) is 0 Å². The summed E-state index contributed by atoms with van der Waals surface area (Å²) in [6, 6.07) is 3.07. The summed E-state index contributed by atoms with van der Waals surface area (Å²) in [5.74, 6) is 7.31. The van der Waals surface area contributed by atoms with Crippen LogP contribution in [0.2, 0.25) is 0 Å². The fourth-order valence-electron chi connectivity index (χ4n) is 3.31. The van der Waals surface area contributed by atoms with E-state index in [-0.39, 0.29) is 4.90 Å². The second-order valence-electron chi connectivity index (χ2n) is 7.31. The number of sulfonamides is 1. The monoisotopic (exact) mass is 453 g/mol. The Kier molecular flexibility index (Phi) is 6.12. The molecule has 1 N–H and O–H groups in total. The summed E-state index contributed by atoms with van der Waals surface area (Å²) in [7, 11) is -3.81. The third-order valence-corrected chi connectivity index (χ3v) is 6.58. The molecule has 0 aromatic carbocycles. The summed E-state index contributed by atoms with van der Waals surface area (Å²) in [5.41, 5.74) is 2.95. The van der Waals surface area contributed by atoms with Gasteiger partial charge in [-0.25, -0.2) is 18.4 Å². The van der Waals surface area contributed by atoms with Crippen LogP contribution in [0.15, 0.2) is 40.2 Å². The van der Waals surface area contributed by atoms with E-state index in [2.05, 4.69) is 36.4 Å². The molecule has 0 saturated carbocycles. The van der Waals surface area contributed by atoms with Crippen LogP contribution in [-0.4, -0.2) is 49.7 Å². The molecule has 0 bridgehead atoms. The van der Waals surface area contributed by atoms with Gasteiger partial charge in [0.2, 0.25) is 0 Å². The Balaban J connectivity index is 1.65. The maximum Gasteiger partial charge on any atom is 0.265 e. The zero-order chi connectivity index (χ0) is 22.7. The van der Waals surface area contributed by atoms with Gasteiger partial charge in [0.05, 0.1) is 42.1 Å². The van der Waals surface area contributed by atoms with E-state index in [1.54, 1.807) is 26.1 Å². The molecule has 9 nitrogen and oxygen atoms in total. The molecular formula is C22H23N5O4S. The summed E-state index contributed by atoms with van der Waals surface area (Å²) in [6.07, 6.45) is 4.48. The molecular weight excluding hydrogens is 430 g/mol. The van der Waals surface area contributed by atoms with Crippen molar-refractivity contribution in [1.82, 2.24) is 15.0 Å². The smallest absolute Gasteiger partial charge is 0.265 e. The van der Waals surface area contributed by atoms with E-state index in [1.807, 2.05) is 6.92 Å². The van der Waals surface area contributed by atoms with Crippen molar-refractivity contribution in [2.75, 3.05) is 35.9 Å². The van der Waals surface area contributed by atoms with Gasteiger partial charge in [-0.05, 0) is 32.9 Å². The molecule has 0 unspecified atom stereocenters. The van der Waals surface area contributed by atoms with Crippen LogP contribution < -0.4 is 9.62 Å². The largest absolute Gasteiger partial charge is 0.468 e. The molecule has 0 atom stereocenters. The fourth-order valence-corrected chi connectivity index (χ4v) is 4.58. The predicted molar refractivity (Wildman–Crippen MR) is 119 cm³/mol. The lowest BCUT2D eigenvalue weighted by Crippen LogP contribution is -2.37. The highest BCUT2D eigenvalue weighted by molar-refractivity contribution is 7.92. The second kappa shape index (κ2) is 8.98. The van der Waals surface area contributed by atoms with E-state index in [0.717, 1.165) is 30.2 Å². The summed E-state index contributed by atoms with van der Waals surface area (Å²) in [6.45, 7) is 7.94. The summed E-state index contributed by atoms with van der Waals surface area (Å²) < 4.78 is 38.6. The Hall–Kier alpha value is -3.42. The van der Waals surface area contributed by atoms with Crippen molar-refractivity contribution < 1.29 is 17.6 Å². The number of rotatable bonds is 4. The number of aryl methyl sites for hydroxylation is 3. The van der Waals surface area contributed by atoms with E-state index in [0.29, 0.717) is 35.9 Å². The van der Waals surface area contributed by atoms with Gasteiger partial charge >= 0.3 is 0 Å². The van der Waals surface area contributed by atoms with Crippen molar-refractivity contribution >= 4 is 21.5 Å². The van der Waals surface area contributed by atoms with E-state index in [1.165, 1.54) is 18.7 Å². The number of aromatic nitrogens is 3. The summed E-state index contributed by atoms with van der Waals surface area (Å²) >= 11 is 0. The maximum atomic E-state index is 12.7. The first-order chi connectivity index (χ1) is 15.3. The predicted octanol–water partition coefficient (Wildman–Crippen LogP) is 2.43. The highest BCUT2D eigenvalue weighted by Gasteiger charge is 2.20. The van der Waals surface area contributed by atoms with Crippen LogP contribution in [0.25, 0.3) is 0 Å². The van der Waals surface area contributed by atoms with Gasteiger partial charge in [0, 0.05) is 24.8 Å². The molecule has 0 amide bonds. The SMILES string of the molecule is Cc1ncc(C#Cc2c(C)ncnc2N2CCOCC2)cc1NS(=O)(=O)c1ccoc1C. The first-order valence-electron chi connectivity index (χ1n) is 10.0. The van der Waals surface area contributed by atoms with Gasteiger partial charge in [0.25, 0.3) is 10.0 Å². The highest BCUT2D eigenvalue weighted by atomic mass is 32.2. The Morgan fingerprint density at radius 3 is 2.56 bits per heavy atom. The van der Waals surface area contributed by atoms with Crippen molar-refractivity contribution in [3.05, 3.63) is 59.2 Å². The van der Waals surface area contributed by atoms with Crippen LogP contribution >= 0.6 is 0 Å². The van der Waals surface area contributed by atoms with Crippen LogP contribution in [0.1, 0.15) is 28.3 Å². The number of morpholine rings is 1. The summed E-state index contributed by atoms with van der Waals surface area (Å²) in [5, 5.41) is 0. The van der Waals surface area contributed by atoms with E-state index in [9.17, 15) is 8.42 Å². The van der Waals surface area contributed by atoms with Crippen molar-refractivity contribution in [3.8, 4) is 11.8 Å². The highest BCUT2D eigenvalue weighted by Crippen LogP contribution is 2.23. The van der Waals surface area contributed by atoms with E-state index >= 15 is 0 Å². The Morgan fingerprint density at radius 1 is 1.06 bits per heavy atom. The van der Waals surface area contributed by atoms with Gasteiger partial charge in [-0.15, -0.1) is 0 Å². The molecule has 10 heteroatoms. The lowest BCUT2D eigenvalue weighted by atomic mass is 10.1. The number of pyridine rings is 1. The summed E-state index contributed by atoms with van der Waals surface area (Å²) in [4.78, 5) is 15.2. The van der Waals surface area contributed by atoms with E-state index < -0.39 is 10.0 Å². The topological polar surface area (TPSA) is 110 Å². The number of ether oxygens (including phenoxy) is 1. The Labute approximate surface area is 186 Å². The zero-order valence-corrected chi connectivity index (χ0v) is 18.9. The number of nitrogens with zero attached hydrogens (tertiary/aromatic N) is 4. The molecule has 3 aromatic heterocycles. The minimum absolute atomic E-state index is 0.0839. The number of anilines is 2. The third kappa shape index (κ3) is 4.59.